The van der Waals surface area contributed by atoms with Gasteiger partial charge in [0.2, 0.25) is 0 Å². The van der Waals surface area contributed by atoms with E-state index in [4.69, 9.17) is 0 Å². The first-order chi connectivity index (χ1) is 15.6. The van der Waals surface area contributed by atoms with Gasteiger partial charge >= 0.3 is 20.6 Å². The van der Waals surface area contributed by atoms with Crippen LogP contribution < -0.4 is 0 Å². The van der Waals surface area contributed by atoms with Gasteiger partial charge in [-0.25, -0.2) is 8.37 Å². The lowest BCUT2D eigenvalue weighted by Crippen LogP contribution is -2.16. The molecule has 0 spiro atoms. The number of hydrogen-bond donors (Lipinski definition) is 0. The van der Waals surface area contributed by atoms with E-state index in [1.807, 2.05) is 0 Å². The number of hydrogen-bond acceptors (Lipinski definition) is 9. The zero-order chi connectivity index (χ0) is 25.8. The van der Waals surface area contributed by atoms with Gasteiger partial charge in [-0.05, 0) is 24.3 Å². The Balaban J connectivity index is 1.93. The normalized spacial score (nSPS) is 13.4. The van der Waals surface area contributed by atoms with E-state index in [1.54, 1.807) is 0 Å². The maximum absolute atomic E-state index is 12.9. The van der Waals surface area contributed by atoms with Crippen molar-refractivity contribution in [3.05, 3.63) is 59.7 Å². The Morgan fingerprint density at radius 2 is 0.971 bits per heavy atom. The lowest BCUT2D eigenvalue weighted by Gasteiger charge is -2.13. The minimum absolute atomic E-state index is 0.484. The first-order valence-corrected chi connectivity index (χ1v) is 12.5. The summed E-state index contributed by atoms with van der Waals surface area (Å²) in [6.45, 7) is -2.79. The molecule has 0 amide bonds. The molecule has 0 unspecified atom stereocenters. The Labute approximate surface area is 189 Å². The van der Waals surface area contributed by atoms with Crippen LogP contribution in [0.5, 0.6) is 0 Å². The van der Waals surface area contributed by atoms with Crippen LogP contribution in [0.3, 0.4) is 0 Å². The highest BCUT2D eigenvalue weighted by Gasteiger charge is 2.38. The molecule has 0 saturated carbocycles. The van der Waals surface area contributed by atoms with Crippen LogP contribution in [0.15, 0.2) is 58.3 Å². The zero-order valence-electron chi connectivity index (χ0n) is 16.3. The van der Waals surface area contributed by atoms with Gasteiger partial charge in [0.05, 0.1) is 11.1 Å². The second-order valence-electron chi connectivity index (χ2n) is 5.91. The van der Waals surface area contributed by atoms with Gasteiger partial charge in [0.25, 0.3) is 20.2 Å². The minimum atomic E-state index is -5.03. The van der Waals surface area contributed by atoms with Crippen molar-refractivity contribution in [3.63, 3.8) is 0 Å². The highest BCUT2D eigenvalue weighted by Crippen LogP contribution is 2.36. The van der Waals surface area contributed by atoms with Crippen molar-refractivity contribution < 1.29 is 65.2 Å². The van der Waals surface area contributed by atoms with E-state index in [9.17, 15) is 47.7 Å². The molecule has 0 atom stereocenters. The molecule has 0 saturated heterocycles. The molecule has 0 aliphatic rings. The molecule has 9 nitrogen and oxygen atoms in total. The molecular formula is C16H13F6O9PS2. The molecule has 0 aromatic heterocycles. The molecular weight excluding hydrogens is 545 g/mol. The van der Waals surface area contributed by atoms with Gasteiger partial charge in [-0.2, -0.15) is 43.2 Å². The van der Waals surface area contributed by atoms with Crippen molar-refractivity contribution in [1.82, 2.24) is 0 Å². The molecule has 0 N–H and O–H groups in total. The van der Waals surface area contributed by atoms with Gasteiger partial charge in [-0.1, -0.05) is 24.3 Å². The van der Waals surface area contributed by atoms with E-state index in [-0.39, 0.29) is 0 Å². The fourth-order valence-corrected chi connectivity index (χ4v) is 4.84. The largest absolute Gasteiger partial charge is 0.417 e. The van der Waals surface area contributed by atoms with E-state index in [0.29, 0.717) is 24.3 Å². The summed E-state index contributed by atoms with van der Waals surface area (Å²) in [5.41, 5.74) is -3.06. The summed E-state index contributed by atoms with van der Waals surface area (Å²) in [5, 5.41) is 0. The lowest BCUT2D eigenvalue weighted by molar-refractivity contribution is -0.140. The third kappa shape index (κ3) is 7.49. The lowest BCUT2D eigenvalue weighted by atomic mass is 10.2. The van der Waals surface area contributed by atoms with Crippen molar-refractivity contribution in [2.45, 2.75) is 22.1 Å². The van der Waals surface area contributed by atoms with Crippen molar-refractivity contribution >= 4 is 28.5 Å². The third-order valence-corrected chi connectivity index (χ3v) is 6.99. The maximum atomic E-state index is 12.9. The monoisotopic (exact) mass is 558 g/mol. The Hall–Kier alpha value is -2.01. The summed E-state index contributed by atoms with van der Waals surface area (Å²) < 4.78 is 154. The SMILES string of the molecule is O=[PH](OCOS(=O)(=O)c1ccccc1C(F)(F)F)OCOS(=O)(=O)c1ccccc1C(F)(F)F. The summed E-state index contributed by atoms with van der Waals surface area (Å²) in [7, 11) is -13.8. The van der Waals surface area contributed by atoms with Crippen LogP contribution in [-0.4, -0.2) is 30.4 Å². The maximum Gasteiger partial charge on any atom is 0.417 e. The minimum Gasteiger partial charge on any atom is -0.282 e. The Morgan fingerprint density at radius 1 is 0.647 bits per heavy atom. The van der Waals surface area contributed by atoms with Crippen LogP contribution in [0.2, 0.25) is 0 Å². The highest BCUT2D eigenvalue weighted by molar-refractivity contribution is 7.87. The first-order valence-electron chi connectivity index (χ1n) is 8.46. The molecule has 2 aromatic carbocycles. The number of rotatable bonds is 10. The molecule has 0 heterocycles. The topological polar surface area (TPSA) is 122 Å². The van der Waals surface area contributed by atoms with E-state index in [1.165, 1.54) is 0 Å². The molecule has 0 bridgehead atoms. The Kier molecular flexibility index (Phi) is 8.90. The van der Waals surface area contributed by atoms with Crippen LogP contribution in [0.25, 0.3) is 0 Å². The molecule has 2 aromatic rings. The highest BCUT2D eigenvalue weighted by atomic mass is 32.2. The predicted octanol–water partition coefficient (Wildman–Crippen LogP) is 4.17. The molecule has 0 radical (unpaired) electrons. The summed E-state index contributed by atoms with van der Waals surface area (Å²) in [4.78, 5) is -2.49. The van der Waals surface area contributed by atoms with E-state index in [2.05, 4.69) is 17.4 Å². The predicted molar refractivity (Wildman–Crippen MR) is 100 cm³/mol. The van der Waals surface area contributed by atoms with Gasteiger partial charge in [-0.15, -0.1) is 0 Å². The number of halogens is 6. The summed E-state index contributed by atoms with van der Waals surface area (Å²) >= 11 is 0. The molecule has 0 fully saturated rings. The number of alkyl halides is 6. The van der Waals surface area contributed by atoms with E-state index < -0.39 is 75.3 Å². The molecule has 34 heavy (non-hydrogen) atoms. The summed E-state index contributed by atoms with van der Waals surface area (Å²) in [6, 6.07) is 6.04. The Bertz CT molecular complexity index is 1150. The van der Waals surface area contributed by atoms with Crippen LogP contribution in [0.4, 0.5) is 26.3 Å². The fraction of sp³-hybridized carbons (Fsp3) is 0.250. The van der Waals surface area contributed by atoms with Crippen molar-refractivity contribution in [2.75, 3.05) is 13.6 Å². The zero-order valence-corrected chi connectivity index (χ0v) is 18.9. The third-order valence-electron chi connectivity index (χ3n) is 3.68. The van der Waals surface area contributed by atoms with Gasteiger partial charge in [0.1, 0.15) is 9.79 Å². The molecule has 190 valence electrons. The van der Waals surface area contributed by atoms with Gasteiger partial charge in [0, 0.05) is 0 Å². The molecule has 18 heteroatoms. The standard InChI is InChI=1S/C16H13F6O9PS2/c17-15(18,19)11-5-1-3-7-13(11)33(24,25)30-9-28-32(23)29-10-31-34(26,27)14-8-4-2-6-12(14)16(20,21)22/h1-8,32H,9-10H2. The van der Waals surface area contributed by atoms with E-state index in [0.717, 1.165) is 24.3 Å². The summed E-state index contributed by atoms with van der Waals surface area (Å²) in [6.07, 6.45) is -10.1. The molecule has 0 aliphatic carbocycles. The smallest absolute Gasteiger partial charge is 0.282 e. The average Bonchev–Trinajstić information content (AvgIpc) is 2.72. The molecule has 0 aliphatic heterocycles. The first kappa shape index (κ1) is 28.2. The van der Waals surface area contributed by atoms with Gasteiger partial charge in [-0.3, -0.25) is 13.6 Å². The number of benzene rings is 2. The fourth-order valence-electron chi connectivity index (χ4n) is 2.28. The van der Waals surface area contributed by atoms with Crippen LogP contribution in [-0.2, 0) is 54.6 Å². The second kappa shape index (κ2) is 10.7. The Morgan fingerprint density at radius 3 is 1.29 bits per heavy atom. The van der Waals surface area contributed by atoms with Crippen molar-refractivity contribution in [2.24, 2.45) is 0 Å². The second-order valence-corrected chi connectivity index (χ2v) is 10.2. The average molecular weight is 558 g/mol. The van der Waals surface area contributed by atoms with Crippen LogP contribution >= 0.6 is 8.25 Å². The van der Waals surface area contributed by atoms with Crippen molar-refractivity contribution in [3.8, 4) is 0 Å². The van der Waals surface area contributed by atoms with Crippen molar-refractivity contribution in [1.29, 1.82) is 0 Å². The van der Waals surface area contributed by atoms with Crippen LogP contribution in [0, 0.1) is 0 Å². The quantitative estimate of drug-likeness (QED) is 0.183. The summed E-state index contributed by atoms with van der Waals surface area (Å²) in [5.74, 6) is 0. The molecule has 2 rings (SSSR count). The van der Waals surface area contributed by atoms with Gasteiger partial charge in [0.15, 0.2) is 13.6 Å². The van der Waals surface area contributed by atoms with E-state index >= 15 is 0 Å². The van der Waals surface area contributed by atoms with Gasteiger partial charge < -0.3 is 0 Å². The van der Waals surface area contributed by atoms with Crippen LogP contribution in [0.1, 0.15) is 11.1 Å².